The van der Waals surface area contributed by atoms with Crippen molar-refractivity contribution in [1.82, 2.24) is 9.88 Å². The number of nitrogens with zero attached hydrogens (tertiary/aromatic N) is 2. The lowest BCUT2D eigenvalue weighted by Crippen LogP contribution is -2.53. The Hall–Kier alpha value is -2.56. The Bertz CT molecular complexity index is 1310. The SMILES string of the molecule is C=CCN(C)C(=O)[C@@H](C)[C@@H]1CC[C@@]2(C)Cc3sc(NC(=O)CS(=O)(=O)c4ccccc4)nc3[C@@H](C)[C@@H]2[C@H]1O. The van der Waals surface area contributed by atoms with Gasteiger partial charge in [-0.2, -0.15) is 0 Å². The number of hydrogen-bond acceptors (Lipinski definition) is 7. The topological polar surface area (TPSA) is 117 Å². The number of carbonyl (C=O) groups excluding carboxylic acids is 2. The van der Waals surface area contributed by atoms with Crippen molar-refractivity contribution in [2.24, 2.45) is 23.2 Å². The fourth-order valence-corrected chi connectivity index (χ4v) is 8.89. The highest BCUT2D eigenvalue weighted by Gasteiger charge is 2.54. The maximum absolute atomic E-state index is 13.0. The third-order valence-electron chi connectivity index (χ3n) is 8.40. The number of nitrogens with one attached hydrogen (secondary N) is 1. The van der Waals surface area contributed by atoms with E-state index in [2.05, 4.69) is 23.8 Å². The molecule has 0 unspecified atom stereocenters. The standard InChI is InChI=1S/C28H37N3O5S2/c1-6-14-31(5)26(34)17(2)20-12-13-28(4)15-21-24(18(3)23(28)25(20)33)30-27(37-21)29-22(32)16-38(35,36)19-10-8-7-9-11-19/h6-11,17-18,20,23,25,33H,1,12-16H2,2-5H3,(H,29,30,32)/t17-,18-,20-,23+,25-,28-/m0/s1. The van der Waals surface area contributed by atoms with Gasteiger partial charge in [0.25, 0.3) is 0 Å². The van der Waals surface area contributed by atoms with Gasteiger partial charge in [0, 0.05) is 30.3 Å². The molecule has 206 valence electrons. The van der Waals surface area contributed by atoms with Crippen LogP contribution in [0, 0.1) is 23.2 Å². The number of carbonyl (C=O) groups is 2. The van der Waals surface area contributed by atoms with E-state index in [9.17, 15) is 23.1 Å². The molecule has 1 fully saturated rings. The molecule has 38 heavy (non-hydrogen) atoms. The van der Waals surface area contributed by atoms with Crippen LogP contribution in [0.4, 0.5) is 5.13 Å². The van der Waals surface area contributed by atoms with Gasteiger partial charge in [-0.1, -0.05) is 45.0 Å². The number of fused-ring (bicyclic) bond motifs is 2. The summed E-state index contributed by atoms with van der Waals surface area (Å²) in [4.78, 5) is 33.1. The van der Waals surface area contributed by atoms with Crippen LogP contribution in [0.25, 0.3) is 0 Å². The van der Waals surface area contributed by atoms with Gasteiger partial charge in [0.15, 0.2) is 15.0 Å². The molecule has 2 aromatic rings. The smallest absolute Gasteiger partial charge is 0.241 e. The lowest BCUT2D eigenvalue weighted by atomic mass is 9.53. The summed E-state index contributed by atoms with van der Waals surface area (Å²) in [5.74, 6) is -1.92. The summed E-state index contributed by atoms with van der Waals surface area (Å²) in [5.41, 5.74) is 0.670. The number of likely N-dealkylation sites (N-methyl/N-ethyl adjacent to an activating group) is 1. The molecule has 6 atom stereocenters. The van der Waals surface area contributed by atoms with E-state index in [0.717, 1.165) is 29.8 Å². The molecule has 2 N–H and O–H groups in total. The normalized spacial score (nSPS) is 27.5. The Morgan fingerprint density at radius 2 is 2.03 bits per heavy atom. The molecule has 2 aliphatic carbocycles. The number of aliphatic hydroxyl groups excluding tert-OH is 1. The number of benzene rings is 1. The van der Waals surface area contributed by atoms with Crippen LogP contribution in [0.1, 0.15) is 50.1 Å². The zero-order valence-corrected chi connectivity index (χ0v) is 24.0. The molecule has 0 saturated heterocycles. The highest BCUT2D eigenvalue weighted by molar-refractivity contribution is 7.92. The molecule has 1 aromatic carbocycles. The van der Waals surface area contributed by atoms with Crippen molar-refractivity contribution in [3.05, 3.63) is 53.6 Å². The van der Waals surface area contributed by atoms with E-state index in [0.29, 0.717) is 11.7 Å². The minimum atomic E-state index is -3.76. The maximum atomic E-state index is 13.0. The molecule has 0 spiro atoms. The molecule has 0 radical (unpaired) electrons. The van der Waals surface area contributed by atoms with Crippen LogP contribution < -0.4 is 5.32 Å². The summed E-state index contributed by atoms with van der Waals surface area (Å²) < 4.78 is 25.2. The van der Waals surface area contributed by atoms with Gasteiger partial charge < -0.3 is 15.3 Å². The van der Waals surface area contributed by atoms with E-state index in [1.807, 2.05) is 13.8 Å². The van der Waals surface area contributed by atoms with Crippen molar-refractivity contribution in [3.8, 4) is 0 Å². The second-order valence-corrected chi connectivity index (χ2v) is 14.2. The molecule has 2 amide bonds. The monoisotopic (exact) mass is 559 g/mol. The van der Waals surface area contributed by atoms with Crippen molar-refractivity contribution < 1.29 is 23.1 Å². The number of rotatable bonds is 8. The van der Waals surface area contributed by atoms with Crippen LogP contribution in [-0.2, 0) is 25.8 Å². The quantitative estimate of drug-likeness (QED) is 0.474. The van der Waals surface area contributed by atoms with Crippen molar-refractivity contribution >= 4 is 38.1 Å². The summed E-state index contributed by atoms with van der Waals surface area (Å²) in [7, 11) is -2.01. The fraction of sp³-hybridized carbons (Fsp3) is 0.536. The van der Waals surface area contributed by atoms with Crippen molar-refractivity contribution in [1.29, 1.82) is 0 Å². The number of anilines is 1. The van der Waals surface area contributed by atoms with Crippen LogP contribution in [-0.4, -0.2) is 60.7 Å². The average molecular weight is 560 g/mol. The zero-order chi connectivity index (χ0) is 27.8. The largest absolute Gasteiger partial charge is 0.392 e. The molecule has 1 saturated carbocycles. The summed E-state index contributed by atoms with van der Waals surface area (Å²) in [6.07, 6.45) is 3.38. The molecule has 2 aliphatic rings. The number of amides is 2. The first-order valence-electron chi connectivity index (χ1n) is 13.0. The van der Waals surface area contributed by atoms with Gasteiger partial charge >= 0.3 is 0 Å². The second-order valence-electron chi connectivity index (χ2n) is 11.1. The Balaban J connectivity index is 1.50. The lowest BCUT2D eigenvalue weighted by molar-refractivity contribution is -0.143. The van der Waals surface area contributed by atoms with E-state index >= 15 is 0 Å². The predicted octanol–water partition coefficient (Wildman–Crippen LogP) is 3.89. The highest BCUT2D eigenvalue weighted by Crippen LogP contribution is 2.57. The molecule has 10 heteroatoms. The third-order valence-corrected chi connectivity index (χ3v) is 11.0. The van der Waals surface area contributed by atoms with Gasteiger partial charge in [-0.3, -0.25) is 9.59 Å². The van der Waals surface area contributed by atoms with E-state index in [1.54, 1.807) is 36.2 Å². The molecule has 1 aromatic heterocycles. The summed E-state index contributed by atoms with van der Waals surface area (Å²) in [6, 6.07) is 7.91. The Morgan fingerprint density at radius 3 is 2.68 bits per heavy atom. The van der Waals surface area contributed by atoms with Crippen LogP contribution in [0.3, 0.4) is 0 Å². The first kappa shape index (κ1) is 28.4. The first-order valence-corrected chi connectivity index (χ1v) is 15.5. The fourth-order valence-electron chi connectivity index (χ4n) is 6.45. The third kappa shape index (κ3) is 5.44. The second kappa shape index (κ2) is 10.9. The zero-order valence-electron chi connectivity index (χ0n) is 22.4. The number of sulfone groups is 1. The van der Waals surface area contributed by atoms with Crippen LogP contribution >= 0.6 is 11.3 Å². The molecular weight excluding hydrogens is 522 g/mol. The van der Waals surface area contributed by atoms with Gasteiger partial charge in [0.2, 0.25) is 11.8 Å². The van der Waals surface area contributed by atoms with Crippen LogP contribution in [0.2, 0.25) is 0 Å². The summed E-state index contributed by atoms with van der Waals surface area (Å²) >= 11 is 1.38. The maximum Gasteiger partial charge on any atom is 0.241 e. The summed E-state index contributed by atoms with van der Waals surface area (Å²) in [5, 5.41) is 14.7. The number of aromatic nitrogens is 1. The van der Waals surface area contributed by atoms with Gasteiger partial charge in [-0.05, 0) is 48.6 Å². The van der Waals surface area contributed by atoms with Gasteiger partial charge in [0.1, 0.15) is 5.75 Å². The summed E-state index contributed by atoms with van der Waals surface area (Å²) in [6.45, 7) is 10.3. The Labute approximate surface area is 229 Å². The van der Waals surface area contributed by atoms with E-state index in [-0.39, 0.29) is 39.9 Å². The first-order chi connectivity index (χ1) is 17.9. The molecule has 1 heterocycles. The van der Waals surface area contributed by atoms with Crippen molar-refractivity contribution in [3.63, 3.8) is 0 Å². The van der Waals surface area contributed by atoms with Gasteiger partial charge in [-0.25, -0.2) is 13.4 Å². The van der Waals surface area contributed by atoms with Crippen LogP contribution in [0.5, 0.6) is 0 Å². The number of aliphatic hydroxyl groups is 1. The minimum absolute atomic E-state index is 0.00539. The van der Waals surface area contributed by atoms with Crippen molar-refractivity contribution in [2.75, 3.05) is 24.7 Å². The number of hydrogen-bond donors (Lipinski definition) is 2. The predicted molar refractivity (Wildman–Crippen MR) is 149 cm³/mol. The van der Waals surface area contributed by atoms with Gasteiger partial charge in [-0.15, -0.1) is 17.9 Å². The molecule has 8 nitrogen and oxygen atoms in total. The molecule has 0 bridgehead atoms. The van der Waals surface area contributed by atoms with E-state index in [1.165, 1.54) is 23.5 Å². The Kier molecular flexibility index (Phi) is 8.16. The van der Waals surface area contributed by atoms with Crippen LogP contribution in [0.15, 0.2) is 47.9 Å². The van der Waals surface area contributed by atoms with E-state index in [4.69, 9.17) is 0 Å². The highest BCUT2D eigenvalue weighted by atomic mass is 32.2. The molecule has 0 aliphatic heterocycles. The Morgan fingerprint density at radius 1 is 1.34 bits per heavy atom. The van der Waals surface area contributed by atoms with Crippen molar-refractivity contribution in [2.45, 2.75) is 57.0 Å². The molecule has 4 rings (SSSR count). The van der Waals surface area contributed by atoms with Gasteiger partial charge in [0.05, 0.1) is 16.7 Å². The number of thiazole rings is 1. The minimum Gasteiger partial charge on any atom is -0.392 e. The lowest BCUT2D eigenvalue weighted by Gasteiger charge is -2.53. The van der Waals surface area contributed by atoms with E-state index < -0.39 is 27.6 Å². The average Bonchev–Trinajstić information content (AvgIpc) is 3.25. The molecular formula is C28H37N3O5S2.